The lowest BCUT2D eigenvalue weighted by molar-refractivity contribution is 0.380. The molecule has 0 aliphatic heterocycles. The largest absolute Gasteiger partial charge is 0.394 e. The third-order valence-corrected chi connectivity index (χ3v) is 2.30. The first-order valence-electron chi connectivity index (χ1n) is 2.81. The van der Waals surface area contributed by atoms with E-state index in [-0.39, 0.29) is 0 Å². The van der Waals surface area contributed by atoms with Crippen molar-refractivity contribution in [2.45, 2.75) is 0 Å². The molecule has 0 spiro atoms. The quantitative estimate of drug-likeness (QED) is 0.428. The summed E-state index contributed by atoms with van der Waals surface area (Å²) in [5.41, 5.74) is 0. The van der Waals surface area contributed by atoms with Crippen LogP contribution in [0.1, 0.15) is 0 Å². The molecular weight excluding hydrogens is 280 g/mol. The molecule has 0 aromatic rings. The van der Waals surface area contributed by atoms with E-state index in [1.54, 1.807) is 0 Å². The Bertz CT molecular complexity index is 423. The molecule has 0 aliphatic rings. The summed E-state index contributed by atoms with van der Waals surface area (Å²) in [6.45, 7) is 0. The maximum absolute atomic E-state index is 9.86. The van der Waals surface area contributed by atoms with E-state index in [1.807, 2.05) is 0 Å². The summed E-state index contributed by atoms with van der Waals surface area (Å²) in [5, 5.41) is 0. The Labute approximate surface area is 86.0 Å². The van der Waals surface area contributed by atoms with Gasteiger partial charge >= 0.3 is 10.4 Å². The Kier molecular flexibility index (Phi) is 6.48. The molecule has 0 radical (unpaired) electrons. The molecule has 0 aromatic carbocycles. The second-order valence-electron chi connectivity index (χ2n) is 2.02. The van der Waals surface area contributed by atoms with Gasteiger partial charge in [-0.05, 0) is 0 Å². The summed E-state index contributed by atoms with van der Waals surface area (Å²) in [4.78, 5) is 0. The molecule has 94 valence electrons. The second-order valence-corrected chi connectivity index (χ2v) is 6.06. The first kappa shape index (κ1) is 17.1. The first-order chi connectivity index (χ1) is 6.21. The number of hydrogen-bond donors (Lipinski definition) is 4. The zero-order valence-corrected chi connectivity index (χ0v) is 9.33. The fraction of sp³-hybridized carbons (Fsp3) is 1.00. The summed E-state index contributed by atoms with van der Waals surface area (Å²) < 4.78 is 87.0. The fourth-order valence-electron chi connectivity index (χ4n) is 0.211. The standard InChI is InChI=1S/C2H6O6S2.H2O4S/c3-9(4,5)1-2-10(6,7)8;1-5(2,3)4/h1-2H2,(H,3,4,5)(H,6,7,8);(H2,1,2,3,4). The minimum Gasteiger partial charge on any atom is -0.286 e. The van der Waals surface area contributed by atoms with Crippen LogP contribution in [0.2, 0.25) is 0 Å². The molecule has 15 heavy (non-hydrogen) atoms. The van der Waals surface area contributed by atoms with Crippen LogP contribution in [0, 0.1) is 0 Å². The molecule has 10 nitrogen and oxygen atoms in total. The number of rotatable bonds is 3. The second kappa shape index (κ2) is 5.69. The highest BCUT2D eigenvalue weighted by molar-refractivity contribution is 7.89. The third-order valence-electron chi connectivity index (χ3n) is 0.599. The Morgan fingerprint density at radius 3 is 0.800 bits per heavy atom. The van der Waals surface area contributed by atoms with Crippen LogP contribution in [-0.2, 0) is 30.6 Å². The van der Waals surface area contributed by atoms with Gasteiger partial charge in [-0.25, -0.2) is 0 Å². The van der Waals surface area contributed by atoms with Crippen molar-refractivity contribution in [3.05, 3.63) is 0 Å². The molecule has 0 aromatic heterocycles. The summed E-state index contributed by atoms with van der Waals surface area (Å²) in [6.07, 6.45) is 0. The molecule has 0 aliphatic carbocycles. The predicted octanol–water partition coefficient (Wildman–Crippen LogP) is -1.89. The Morgan fingerprint density at radius 2 is 0.733 bits per heavy atom. The Morgan fingerprint density at radius 1 is 0.600 bits per heavy atom. The van der Waals surface area contributed by atoms with Crippen LogP contribution >= 0.6 is 0 Å². The van der Waals surface area contributed by atoms with Gasteiger partial charge in [-0.15, -0.1) is 0 Å². The lowest BCUT2D eigenvalue weighted by Crippen LogP contribution is -2.15. The van der Waals surface area contributed by atoms with Gasteiger partial charge in [-0.3, -0.25) is 18.2 Å². The van der Waals surface area contributed by atoms with E-state index in [2.05, 4.69) is 0 Å². The van der Waals surface area contributed by atoms with Gasteiger partial charge in [0.1, 0.15) is 0 Å². The minimum atomic E-state index is -4.67. The molecule has 0 fully saturated rings. The van der Waals surface area contributed by atoms with E-state index >= 15 is 0 Å². The van der Waals surface area contributed by atoms with Crippen LogP contribution in [0.4, 0.5) is 0 Å². The van der Waals surface area contributed by atoms with Gasteiger partial charge in [0, 0.05) is 0 Å². The topological polar surface area (TPSA) is 183 Å². The van der Waals surface area contributed by atoms with Crippen molar-refractivity contribution in [2.24, 2.45) is 0 Å². The van der Waals surface area contributed by atoms with E-state index in [1.165, 1.54) is 0 Å². The van der Waals surface area contributed by atoms with Crippen molar-refractivity contribution in [1.82, 2.24) is 0 Å². The Balaban J connectivity index is 0. The van der Waals surface area contributed by atoms with Crippen LogP contribution in [0.25, 0.3) is 0 Å². The molecular formula is C2H8O10S3. The first-order valence-corrected chi connectivity index (χ1v) is 7.42. The SMILES string of the molecule is O=S(=O)(O)CCS(=O)(=O)O.O=S(=O)(O)O. The van der Waals surface area contributed by atoms with Crippen LogP contribution in [0.5, 0.6) is 0 Å². The van der Waals surface area contributed by atoms with Crippen LogP contribution in [0.3, 0.4) is 0 Å². The van der Waals surface area contributed by atoms with Gasteiger partial charge in [0.2, 0.25) is 0 Å². The highest BCUT2D eigenvalue weighted by Gasteiger charge is 2.11. The molecule has 0 amide bonds. The average molecular weight is 288 g/mol. The van der Waals surface area contributed by atoms with Crippen molar-refractivity contribution < 1.29 is 43.5 Å². The highest BCUT2D eigenvalue weighted by atomic mass is 32.3. The van der Waals surface area contributed by atoms with Gasteiger partial charge in [-0.2, -0.15) is 25.3 Å². The van der Waals surface area contributed by atoms with E-state index in [9.17, 15) is 16.8 Å². The van der Waals surface area contributed by atoms with E-state index in [0.717, 1.165) is 0 Å². The van der Waals surface area contributed by atoms with Crippen LogP contribution in [0.15, 0.2) is 0 Å². The average Bonchev–Trinajstić information content (AvgIpc) is 1.76. The molecule has 13 heteroatoms. The Hall–Kier alpha value is -0.310. The molecule has 4 N–H and O–H groups in total. The summed E-state index contributed by atoms with van der Waals surface area (Å²) in [5.74, 6) is -1.96. The van der Waals surface area contributed by atoms with Gasteiger partial charge in [0.05, 0.1) is 11.5 Å². The van der Waals surface area contributed by atoms with E-state index in [4.69, 9.17) is 26.6 Å². The molecule has 0 rings (SSSR count). The monoisotopic (exact) mass is 288 g/mol. The molecule has 0 unspecified atom stereocenters. The fourth-order valence-corrected chi connectivity index (χ4v) is 1.90. The lowest BCUT2D eigenvalue weighted by Gasteiger charge is -1.92. The molecule has 0 saturated carbocycles. The van der Waals surface area contributed by atoms with Crippen molar-refractivity contribution >= 4 is 30.6 Å². The zero-order chi connectivity index (χ0) is 12.9. The molecule has 0 atom stereocenters. The maximum atomic E-state index is 9.86. The van der Waals surface area contributed by atoms with Crippen molar-refractivity contribution in [3.8, 4) is 0 Å². The molecule has 0 saturated heterocycles. The van der Waals surface area contributed by atoms with Crippen molar-refractivity contribution in [1.29, 1.82) is 0 Å². The molecule has 0 bridgehead atoms. The van der Waals surface area contributed by atoms with Crippen molar-refractivity contribution in [3.63, 3.8) is 0 Å². The summed E-state index contributed by atoms with van der Waals surface area (Å²) in [6, 6.07) is 0. The lowest BCUT2D eigenvalue weighted by atomic mass is 11.0. The smallest absolute Gasteiger partial charge is 0.286 e. The zero-order valence-electron chi connectivity index (χ0n) is 6.88. The van der Waals surface area contributed by atoms with Gasteiger partial charge in [0.15, 0.2) is 0 Å². The van der Waals surface area contributed by atoms with Gasteiger partial charge in [0.25, 0.3) is 20.2 Å². The van der Waals surface area contributed by atoms with Gasteiger partial charge < -0.3 is 0 Å². The van der Waals surface area contributed by atoms with E-state index in [0.29, 0.717) is 0 Å². The normalized spacial score (nSPS) is 12.8. The van der Waals surface area contributed by atoms with Crippen LogP contribution in [-0.4, -0.2) is 55.0 Å². The van der Waals surface area contributed by atoms with Crippen LogP contribution < -0.4 is 0 Å². The van der Waals surface area contributed by atoms with E-state index < -0.39 is 42.1 Å². The maximum Gasteiger partial charge on any atom is 0.394 e. The minimum absolute atomic E-state index is 0.980. The third kappa shape index (κ3) is 41.8. The molecule has 0 heterocycles. The predicted molar refractivity (Wildman–Crippen MR) is 47.0 cm³/mol. The highest BCUT2D eigenvalue weighted by Crippen LogP contribution is 1.86. The summed E-state index contributed by atoms with van der Waals surface area (Å²) >= 11 is 0. The summed E-state index contributed by atoms with van der Waals surface area (Å²) in [7, 11) is -13.3. The van der Waals surface area contributed by atoms with Crippen molar-refractivity contribution in [2.75, 3.05) is 11.5 Å². The number of hydrogen-bond acceptors (Lipinski definition) is 6. The van der Waals surface area contributed by atoms with Gasteiger partial charge in [-0.1, -0.05) is 0 Å².